The lowest BCUT2D eigenvalue weighted by Crippen LogP contribution is -2.47. The molecule has 1 atom stereocenters. The number of ether oxygens (including phenoxy) is 1. The molecule has 0 bridgehead atoms. The molecule has 1 fully saturated rings. The topological polar surface area (TPSA) is 70.2 Å². The Morgan fingerprint density at radius 2 is 2.25 bits per heavy atom. The van der Waals surface area contributed by atoms with Crippen LogP contribution in [0.5, 0.6) is 0 Å². The molecule has 2 aromatic rings. The molecule has 0 spiro atoms. The number of aromatic amines is 1. The minimum absolute atomic E-state index is 0.00902. The second-order valence-corrected chi connectivity index (χ2v) is 4.99. The number of nitrogens with zero attached hydrogens (tertiary/aromatic N) is 2. The highest BCUT2D eigenvalue weighted by Gasteiger charge is 2.23. The Morgan fingerprint density at radius 3 is 3.05 bits per heavy atom. The molecule has 2 N–H and O–H groups in total. The second kappa shape index (κ2) is 5.60. The first-order valence-corrected chi connectivity index (χ1v) is 6.80. The van der Waals surface area contributed by atoms with Crippen molar-refractivity contribution in [2.75, 3.05) is 31.6 Å². The van der Waals surface area contributed by atoms with Gasteiger partial charge < -0.3 is 10.1 Å². The fraction of sp³-hybridized carbons (Fsp3) is 0.429. The van der Waals surface area contributed by atoms with Gasteiger partial charge in [0, 0.05) is 24.2 Å². The van der Waals surface area contributed by atoms with Gasteiger partial charge in [-0.25, -0.2) is 0 Å². The van der Waals surface area contributed by atoms with Gasteiger partial charge in [0.2, 0.25) is 5.91 Å². The third-order valence-corrected chi connectivity index (χ3v) is 3.68. The zero-order valence-corrected chi connectivity index (χ0v) is 11.4. The van der Waals surface area contributed by atoms with E-state index in [0.29, 0.717) is 13.2 Å². The van der Waals surface area contributed by atoms with E-state index in [1.807, 2.05) is 25.1 Å². The normalized spacial score (nSPS) is 18.1. The van der Waals surface area contributed by atoms with E-state index in [2.05, 4.69) is 20.4 Å². The number of morpholine rings is 1. The highest BCUT2D eigenvalue weighted by Crippen LogP contribution is 2.17. The summed E-state index contributed by atoms with van der Waals surface area (Å²) in [5.74, 6) is 0.00902. The third kappa shape index (κ3) is 2.66. The lowest BCUT2D eigenvalue weighted by Gasteiger charge is -2.31. The molecule has 6 nitrogen and oxygen atoms in total. The maximum absolute atomic E-state index is 12.3. The highest BCUT2D eigenvalue weighted by molar-refractivity contribution is 5.96. The largest absolute Gasteiger partial charge is 0.379 e. The SMILES string of the molecule is CC(C(=O)Nc1ccc2[nH]ncc2c1)N1CCOCC1. The fourth-order valence-corrected chi connectivity index (χ4v) is 2.40. The van der Waals surface area contributed by atoms with Gasteiger partial charge in [-0.2, -0.15) is 5.10 Å². The quantitative estimate of drug-likeness (QED) is 0.883. The number of nitrogens with one attached hydrogen (secondary N) is 2. The van der Waals surface area contributed by atoms with Gasteiger partial charge in [-0.1, -0.05) is 0 Å². The lowest BCUT2D eigenvalue weighted by molar-refractivity contribution is -0.122. The maximum atomic E-state index is 12.3. The summed E-state index contributed by atoms with van der Waals surface area (Å²) in [6.07, 6.45) is 1.75. The average molecular weight is 274 g/mol. The van der Waals surface area contributed by atoms with E-state index < -0.39 is 0 Å². The van der Waals surface area contributed by atoms with Crippen molar-refractivity contribution in [3.05, 3.63) is 24.4 Å². The summed E-state index contributed by atoms with van der Waals surface area (Å²) < 4.78 is 5.30. The van der Waals surface area contributed by atoms with Crippen molar-refractivity contribution in [2.24, 2.45) is 0 Å². The molecule has 1 saturated heterocycles. The molecule has 0 aliphatic carbocycles. The molecule has 1 aliphatic rings. The number of amides is 1. The lowest BCUT2D eigenvalue weighted by atomic mass is 10.2. The summed E-state index contributed by atoms with van der Waals surface area (Å²) in [5, 5.41) is 10.8. The average Bonchev–Trinajstić information content (AvgIpc) is 2.95. The van der Waals surface area contributed by atoms with E-state index in [4.69, 9.17) is 4.74 Å². The molecular weight excluding hydrogens is 256 g/mol. The van der Waals surface area contributed by atoms with Crippen LogP contribution in [-0.2, 0) is 9.53 Å². The van der Waals surface area contributed by atoms with Crippen LogP contribution in [0.15, 0.2) is 24.4 Å². The summed E-state index contributed by atoms with van der Waals surface area (Å²) >= 11 is 0. The highest BCUT2D eigenvalue weighted by atomic mass is 16.5. The molecular formula is C14H18N4O2. The Bertz CT molecular complexity index is 604. The fourth-order valence-electron chi connectivity index (χ4n) is 2.40. The van der Waals surface area contributed by atoms with E-state index in [0.717, 1.165) is 29.7 Å². The predicted molar refractivity (Wildman–Crippen MR) is 76.6 cm³/mol. The van der Waals surface area contributed by atoms with Crippen LogP contribution in [0.3, 0.4) is 0 Å². The number of hydrogen-bond acceptors (Lipinski definition) is 4. The molecule has 3 rings (SSSR count). The van der Waals surface area contributed by atoms with Gasteiger partial charge in [-0.3, -0.25) is 14.8 Å². The predicted octanol–water partition coefficient (Wildman–Crippen LogP) is 1.22. The van der Waals surface area contributed by atoms with Crippen LogP contribution in [0, 0.1) is 0 Å². The molecule has 1 aliphatic heterocycles. The molecule has 1 amide bonds. The number of carbonyl (C=O) groups excluding carboxylic acids is 1. The molecule has 1 aromatic carbocycles. The third-order valence-electron chi connectivity index (χ3n) is 3.68. The first-order valence-electron chi connectivity index (χ1n) is 6.80. The number of aromatic nitrogens is 2. The van der Waals surface area contributed by atoms with Crippen molar-refractivity contribution in [1.82, 2.24) is 15.1 Å². The Hall–Kier alpha value is -1.92. The molecule has 20 heavy (non-hydrogen) atoms. The maximum Gasteiger partial charge on any atom is 0.241 e. The van der Waals surface area contributed by atoms with E-state index in [-0.39, 0.29) is 11.9 Å². The van der Waals surface area contributed by atoms with Gasteiger partial charge in [-0.15, -0.1) is 0 Å². The Morgan fingerprint density at radius 1 is 1.45 bits per heavy atom. The zero-order chi connectivity index (χ0) is 13.9. The van der Waals surface area contributed by atoms with Crippen molar-refractivity contribution >= 4 is 22.5 Å². The minimum atomic E-state index is -0.154. The number of benzene rings is 1. The van der Waals surface area contributed by atoms with Gasteiger partial charge in [0.05, 0.1) is 31.0 Å². The summed E-state index contributed by atoms with van der Waals surface area (Å²) in [7, 11) is 0. The van der Waals surface area contributed by atoms with E-state index in [9.17, 15) is 4.79 Å². The smallest absolute Gasteiger partial charge is 0.241 e. The number of carbonyl (C=O) groups is 1. The number of H-pyrrole nitrogens is 1. The Labute approximate surface area is 117 Å². The summed E-state index contributed by atoms with van der Waals surface area (Å²) in [5.41, 5.74) is 1.76. The Balaban J connectivity index is 1.67. The van der Waals surface area contributed by atoms with Crippen LogP contribution in [-0.4, -0.2) is 53.3 Å². The van der Waals surface area contributed by atoms with Crippen molar-refractivity contribution < 1.29 is 9.53 Å². The van der Waals surface area contributed by atoms with Crippen LogP contribution < -0.4 is 5.32 Å². The first-order chi connectivity index (χ1) is 9.74. The molecule has 6 heteroatoms. The van der Waals surface area contributed by atoms with Gasteiger partial charge in [-0.05, 0) is 25.1 Å². The first kappa shape index (κ1) is 13.1. The van der Waals surface area contributed by atoms with Gasteiger partial charge in [0.25, 0.3) is 0 Å². The van der Waals surface area contributed by atoms with Crippen molar-refractivity contribution in [3.8, 4) is 0 Å². The molecule has 1 unspecified atom stereocenters. The molecule has 0 saturated carbocycles. The number of hydrogen-bond donors (Lipinski definition) is 2. The number of rotatable bonds is 3. The standard InChI is InChI=1S/C14H18N4O2/c1-10(18-4-6-20-7-5-18)14(19)16-12-2-3-13-11(8-12)9-15-17-13/h2-3,8-10H,4-7H2,1H3,(H,15,17)(H,16,19). The van der Waals surface area contributed by atoms with Gasteiger partial charge in [0.1, 0.15) is 0 Å². The zero-order valence-electron chi connectivity index (χ0n) is 11.4. The number of anilines is 1. The molecule has 106 valence electrons. The summed E-state index contributed by atoms with van der Waals surface area (Å²) in [6.45, 7) is 4.92. The van der Waals surface area contributed by atoms with Crippen LogP contribution in [0.1, 0.15) is 6.92 Å². The minimum Gasteiger partial charge on any atom is -0.379 e. The van der Waals surface area contributed by atoms with Gasteiger partial charge in [0.15, 0.2) is 0 Å². The molecule has 0 radical (unpaired) electrons. The Kier molecular flexibility index (Phi) is 3.66. The van der Waals surface area contributed by atoms with Crippen LogP contribution >= 0.6 is 0 Å². The van der Waals surface area contributed by atoms with E-state index in [1.54, 1.807) is 6.20 Å². The number of fused-ring (bicyclic) bond motifs is 1. The van der Waals surface area contributed by atoms with Crippen LogP contribution in [0.2, 0.25) is 0 Å². The van der Waals surface area contributed by atoms with Crippen molar-refractivity contribution in [3.63, 3.8) is 0 Å². The van der Waals surface area contributed by atoms with Crippen LogP contribution in [0.25, 0.3) is 10.9 Å². The molecule has 2 heterocycles. The summed E-state index contributed by atoms with van der Waals surface area (Å²) in [4.78, 5) is 14.4. The molecule has 1 aromatic heterocycles. The van der Waals surface area contributed by atoms with Crippen molar-refractivity contribution in [2.45, 2.75) is 13.0 Å². The second-order valence-electron chi connectivity index (χ2n) is 4.99. The van der Waals surface area contributed by atoms with Gasteiger partial charge >= 0.3 is 0 Å². The van der Waals surface area contributed by atoms with E-state index in [1.165, 1.54) is 0 Å². The van der Waals surface area contributed by atoms with E-state index >= 15 is 0 Å². The monoisotopic (exact) mass is 274 g/mol. The summed E-state index contributed by atoms with van der Waals surface area (Å²) in [6, 6.07) is 5.56. The van der Waals surface area contributed by atoms with Crippen molar-refractivity contribution in [1.29, 1.82) is 0 Å². The van der Waals surface area contributed by atoms with Crippen LogP contribution in [0.4, 0.5) is 5.69 Å².